The van der Waals surface area contributed by atoms with E-state index in [1.54, 1.807) is 18.2 Å². The van der Waals surface area contributed by atoms with Crippen molar-refractivity contribution in [2.75, 3.05) is 0 Å². The zero-order chi connectivity index (χ0) is 15.4. The van der Waals surface area contributed by atoms with E-state index in [-0.39, 0.29) is 5.56 Å². The summed E-state index contributed by atoms with van der Waals surface area (Å²) in [6, 6.07) is 8.76. The molecule has 0 bridgehead atoms. The summed E-state index contributed by atoms with van der Waals surface area (Å²) < 4.78 is 33.8. The van der Waals surface area contributed by atoms with Gasteiger partial charge in [-0.3, -0.25) is 0 Å². The maximum absolute atomic E-state index is 13.9. The summed E-state index contributed by atoms with van der Waals surface area (Å²) in [7, 11) is 0. The van der Waals surface area contributed by atoms with Crippen molar-refractivity contribution >= 4 is 34.6 Å². The Hall–Kier alpha value is -1.96. The number of ether oxygens (including phenoxy) is 1. The molecule has 2 rings (SSSR count). The largest absolute Gasteiger partial charge is 0.478 e. The van der Waals surface area contributed by atoms with Crippen LogP contribution in [0.5, 0.6) is 11.5 Å². The molecule has 0 aliphatic rings. The topological polar surface area (TPSA) is 46.5 Å². The van der Waals surface area contributed by atoms with Crippen molar-refractivity contribution in [3.05, 3.63) is 63.2 Å². The van der Waals surface area contributed by atoms with Gasteiger partial charge < -0.3 is 9.84 Å². The second-order valence-corrected chi connectivity index (χ2v) is 5.29. The summed E-state index contributed by atoms with van der Waals surface area (Å²) in [6.07, 6.45) is 1.90. The fourth-order valence-electron chi connectivity index (χ4n) is 1.59. The number of benzene rings is 2. The monoisotopic (exact) mass is 402 g/mol. The van der Waals surface area contributed by atoms with Crippen molar-refractivity contribution in [1.29, 1.82) is 0 Å². The zero-order valence-corrected chi connectivity index (χ0v) is 12.7. The SMILES string of the molecule is O=C(O)C=Cc1cc(F)c(Oc2cccc(I)c2)c(F)c1. The van der Waals surface area contributed by atoms with Crippen LogP contribution < -0.4 is 4.74 Å². The van der Waals surface area contributed by atoms with E-state index in [1.807, 2.05) is 6.07 Å². The number of aliphatic carboxylic acids is 1. The molecule has 0 unspecified atom stereocenters. The van der Waals surface area contributed by atoms with Crippen molar-refractivity contribution < 1.29 is 23.4 Å². The van der Waals surface area contributed by atoms with E-state index < -0.39 is 23.4 Å². The number of carboxylic acids is 1. The first-order valence-corrected chi connectivity index (χ1v) is 6.87. The van der Waals surface area contributed by atoms with Crippen LogP contribution in [0.2, 0.25) is 0 Å². The van der Waals surface area contributed by atoms with Crippen LogP contribution in [0.4, 0.5) is 8.78 Å². The first-order valence-electron chi connectivity index (χ1n) is 5.79. The van der Waals surface area contributed by atoms with E-state index in [1.165, 1.54) is 0 Å². The Morgan fingerprint density at radius 3 is 2.43 bits per heavy atom. The van der Waals surface area contributed by atoms with Gasteiger partial charge in [-0.05, 0) is 64.6 Å². The van der Waals surface area contributed by atoms with Crippen molar-refractivity contribution in [3.8, 4) is 11.5 Å². The first-order chi connectivity index (χ1) is 9.95. The molecular formula is C15H9F2IO3. The first kappa shape index (κ1) is 15.4. The molecule has 0 radical (unpaired) electrons. The Morgan fingerprint density at radius 1 is 1.19 bits per heavy atom. The molecule has 0 spiro atoms. The minimum atomic E-state index is -1.20. The summed E-state index contributed by atoms with van der Waals surface area (Å²) in [5, 5.41) is 8.49. The van der Waals surface area contributed by atoms with E-state index in [9.17, 15) is 13.6 Å². The molecule has 3 nitrogen and oxygen atoms in total. The molecular weight excluding hydrogens is 393 g/mol. The van der Waals surface area contributed by atoms with Crippen LogP contribution in [-0.2, 0) is 4.79 Å². The van der Waals surface area contributed by atoms with Gasteiger partial charge in [0.05, 0.1) is 0 Å². The molecule has 0 atom stereocenters. The number of carboxylic acid groups (broad SMARTS) is 1. The van der Waals surface area contributed by atoms with Crippen LogP contribution in [0.3, 0.4) is 0 Å². The van der Waals surface area contributed by atoms with Crippen LogP contribution in [0.25, 0.3) is 6.08 Å². The van der Waals surface area contributed by atoms with Gasteiger partial charge >= 0.3 is 5.97 Å². The van der Waals surface area contributed by atoms with Gasteiger partial charge in [0.2, 0.25) is 0 Å². The van der Waals surface area contributed by atoms with Gasteiger partial charge in [-0.25, -0.2) is 13.6 Å². The molecule has 0 heterocycles. The van der Waals surface area contributed by atoms with E-state index in [0.29, 0.717) is 5.75 Å². The van der Waals surface area contributed by atoms with Crippen molar-refractivity contribution in [2.24, 2.45) is 0 Å². The predicted octanol–water partition coefficient (Wildman–Crippen LogP) is 4.46. The summed E-state index contributed by atoms with van der Waals surface area (Å²) in [6.45, 7) is 0. The predicted molar refractivity (Wildman–Crippen MR) is 82.3 cm³/mol. The van der Waals surface area contributed by atoms with Crippen LogP contribution in [0.15, 0.2) is 42.5 Å². The van der Waals surface area contributed by atoms with Crippen molar-refractivity contribution in [2.45, 2.75) is 0 Å². The lowest BCUT2D eigenvalue weighted by atomic mass is 10.2. The third-order valence-electron chi connectivity index (χ3n) is 2.45. The normalized spacial score (nSPS) is 10.8. The van der Waals surface area contributed by atoms with E-state index in [0.717, 1.165) is 27.9 Å². The molecule has 6 heteroatoms. The highest BCUT2D eigenvalue weighted by Gasteiger charge is 2.13. The Bertz CT molecular complexity index is 691. The lowest BCUT2D eigenvalue weighted by molar-refractivity contribution is -0.131. The number of halogens is 3. The minimum Gasteiger partial charge on any atom is -0.478 e. The zero-order valence-electron chi connectivity index (χ0n) is 10.5. The van der Waals surface area contributed by atoms with Gasteiger partial charge in [0, 0.05) is 9.65 Å². The number of hydrogen-bond donors (Lipinski definition) is 1. The Kier molecular flexibility index (Phi) is 4.89. The molecule has 0 aliphatic heterocycles. The van der Waals surface area contributed by atoms with Crippen molar-refractivity contribution in [1.82, 2.24) is 0 Å². The quantitative estimate of drug-likeness (QED) is 0.607. The van der Waals surface area contributed by atoms with Gasteiger partial charge in [0.1, 0.15) is 5.75 Å². The fraction of sp³-hybridized carbons (Fsp3) is 0. The molecule has 0 saturated carbocycles. The lowest BCUT2D eigenvalue weighted by Gasteiger charge is -2.09. The van der Waals surface area contributed by atoms with Gasteiger partial charge in [-0.15, -0.1) is 0 Å². The summed E-state index contributed by atoms with van der Waals surface area (Å²) in [4.78, 5) is 10.4. The second kappa shape index (κ2) is 6.66. The van der Waals surface area contributed by atoms with Gasteiger partial charge in [0.15, 0.2) is 17.4 Å². The molecule has 0 aromatic heterocycles. The molecule has 0 aliphatic carbocycles. The second-order valence-electron chi connectivity index (χ2n) is 4.04. The van der Waals surface area contributed by atoms with Crippen molar-refractivity contribution in [3.63, 3.8) is 0 Å². The number of carbonyl (C=O) groups is 1. The fourth-order valence-corrected chi connectivity index (χ4v) is 2.10. The third kappa shape index (κ3) is 4.25. The molecule has 21 heavy (non-hydrogen) atoms. The van der Waals surface area contributed by atoms with E-state index >= 15 is 0 Å². The van der Waals surface area contributed by atoms with Gasteiger partial charge in [0.25, 0.3) is 0 Å². The highest BCUT2D eigenvalue weighted by Crippen LogP contribution is 2.29. The highest BCUT2D eigenvalue weighted by atomic mass is 127. The smallest absolute Gasteiger partial charge is 0.328 e. The van der Waals surface area contributed by atoms with Crippen LogP contribution >= 0.6 is 22.6 Å². The van der Waals surface area contributed by atoms with Crippen LogP contribution in [-0.4, -0.2) is 11.1 Å². The van der Waals surface area contributed by atoms with E-state index in [2.05, 4.69) is 22.6 Å². The molecule has 0 amide bonds. The molecule has 2 aromatic carbocycles. The van der Waals surface area contributed by atoms with E-state index in [4.69, 9.17) is 9.84 Å². The molecule has 0 saturated heterocycles. The summed E-state index contributed by atoms with van der Waals surface area (Å²) in [5.74, 6) is -3.22. The Balaban J connectivity index is 2.31. The summed E-state index contributed by atoms with van der Waals surface area (Å²) in [5.41, 5.74) is 0.0994. The molecule has 0 fully saturated rings. The maximum atomic E-state index is 13.9. The molecule has 108 valence electrons. The highest BCUT2D eigenvalue weighted by molar-refractivity contribution is 14.1. The number of rotatable bonds is 4. The summed E-state index contributed by atoms with van der Waals surface area (Å²) >= 11 is 2.06. The maximum Gasteiger partial charge on any atom is 0.328 e. The Morgan fingerprint density at radius 2 is 1.86 bits per heavy atom. The van der Waals surface area contributed by atoms with Crippen LogP contribution in [0.1, 0.15) is 5.56 Å². The standard InChI is InChI=1S/C15H9F2IO3/c16-12-6-9(4-5-14(19)20)7-13(17)15(12)21-11-3-1-2-10(18)8-11/h1-8H,(H,19,20). The molecule has 1 N–H and O–H groups in total. The van der Waals surface area contributed by atoms with Crippen LogP contribution in [0, 0.1) is 15.2 Å². The van der Waals surface area contributed by atoms with Gasteiger partial charge in [-0.1, -0.05) is 6.07 Å². The molecule has 2 aromatic rings. The average molecular weight is 402 g/mol. The Labute approximate surface area is 133 Å². The number of hydrogen-bond acceptors (Lipinski definition) is 2. The third-order valence-corrected chi connectivity index (χ3v) is 3.13. The van der Waals surface area contributed by atoms with Gasteiger partial charge in [-0.2, -0.15) is 0 Å². The minimum absolute atomic E-state index is 0.0994. The lowest BCUT2D eigenvalue weighted by Crippen LogP contribution is -1.94. The average Bonchev–Trinajstić information content (AvgIpc) is 2.40.